The number of aromatic nitrogens is 9. The van der Waals surface area contributed by atoms with Crippen molar-refractivity contribution in [3.63, 3.8) is 0 Å². The predicted octanol–water partition coefficient (Wildman–Crippen LogP) is 10.3. The number of amides is 2. The fourth-order valence-electron chi connectivity index (χ4n) is 10.1. The zero-order valence-corrected chi connectivity index (χ0v) is 66.1. The van der Waals surface area contributed by atoms with E-state index in [1.54, 1.807) is 99.1 Å². The average Bonchev–Trinajstić information content (AvgIpc) is 1.67. The molecule has 608 valence electrons. The minimum Gasteiger partial charge on any atom is -0.504 e. The van der Waals surface area contributed by atoms with Crippen molar-refractivity contribution in [3.8, 4) is 17.2 Å². The smallest absolute Gasteiger partial charge is 0.255 e. The Morgan fingerprint density at radius 3 is 1.17 bits per heavy atom. The normalized spacial score (nSPS) is 11.7. The van der Waals surface area contributed by atoms with Crippen LogP contribution in [0.1, 0.15) is 131 Å². The second kappa shape index (κ2) is 46.3. The Labute approximate surface area is 651 Å². The van der Waals surface area contributed by atoms with E-state index in [9.17, 15) is 33.9 Å². The molecule has 2 aromatic carbocycles. The number of phenolic OH excluding ortho intramolecular Hbond substituents is 1. The lowest BCUT2D eigenvalue weighted by Gasteiger charge is -2.14. The van der Waals surface area contributed by atoms with Gasteiger partial charge in [0.25, 0.3) is 11.8 Å². The van der Waals surface area contributed by atoms with E-state index in [0.717, 1.165) is 5.39 Å². The highest BCUT2D eigenvalue weighted by Crippen LogP contribution is 2.30. The van der Waals surface area contributed by atoms with Crippen LogP contribution < -0.4 is 20.1 Å². The number of ether oxygens (including phenoxy) is 14. The van der Waals surface area contributed by atoms with Crippen LogP contribution in [0.25, 0.3) is 33.1 Å². The molecule has 112 heavy (non-hydrogen) atoms. The van der Waals surface area contributed by atoms with E-state index < -0.39 is 22.2 Å². The molecule has 0 fully saturated rings. The van der Waals surface area contributed by atoms with Crippen molar-refractivity contribution in [1.82, 2.24) is 44.9 Å². The predicted molar refractivity (Wildman–Crippen MR) is 418 cm³/mol. The van der Waals surface area contributed by atoms with Crippen molar-refractivity contribution in [2.24, 2.45) is 16.2 Å². The molecule has 6 N–H and O–H groups in total. The van der Waals surface area contributed by atoms with Gasteiger partial charge in [-0.2, -0.15) is 0 Å². The molecule has 0 saturated carbocycles. The maximum atomic E-state index is 12.9. The largest absolute Gasteiger partial charge is 0.504 e. The Morgan fingerprint density at radius 2 is 0.759 bits per heavy atom. The molecule has 7 aromatic heterocycles. The number of aromatic amines is 3. The number of hydrogen-bond donors (Lipinski definition) is 6. The summed E-state index contributed by atoms with van der Waals surface area (Å²) in [4.78, 5) is 98.1. The number of hydrogen-bond acceptors (Lipinski definition) is 26. The van der Waals surface area contributed by atoms with Gasteiger partial charge in [0.1, 0.15) is 35.9 Å². The number of rotatable bonds is 47. The fraction of sp³-hybridized carbons (Fsp3) is 0.487. The third-order valence-corrected chi connectivity index (χ3v) is 16.0. The van der Waals surface area contributed by atoms with Gasteiger partial charge in [0.05, 0.1) is 192 Å². The monoisotopic (exact) mass is 1560 g/mol. The van der Waals surface area contributed by atoms with Gasteiger partial charge in [-0.1, -0.05) is 67.5 Å². The van der Waals surface area contributed by atoms with Gasteiger partial charge >= 0.3 is 0 Å². The quantitative estimate of drug-likeness (QED) is 0.0152. The first-order chi connectivity index (χ1) is 53.8. The van der Waals surface area contributed by atoms with E-state index in [1.165, 1.54) is 30.6 Å². The molecule has 0 bridgehead atoms. The molecular formula is C80H107N11O21. The second-order valence-corrected chi connectivity index (χ2v) is 28.3. The van der Waals surface area contributed by atoms with Crippen LogP contribution in [0.2, 0.25) is 0 Å². The molecule has 9 rings (SSSR count). The molecule has 0 saturated heterocycles. The van der Waals surface area contributed by atoms with E-state index >= 15 is 0 Å². The summed E-state index contributed by atoms with van der Waals surface area (Å²) in [7, 11) is 4.88. The number of aromatic hydroxyl groups is 1. The third kappa shape index (κ3) is 30.4. The number of Topliss-reactive ketones (excluding diaryl/α,β-unsaturated/α-hetero) is 3. The Bertz CT molecular complexity index is 4400. The van der Waals surface area contributed by atoms with Crippen LogP contribution in [0.5, 0.6) is 17.2 Å². The van der Waals surface area contributed by atoms with E-state index in [4.69, 9.17) is 66.3 Å². The lowest BCUT2D eigenvalue weighted by molar-refractivity contribution is 0.0000838. The molecule has 7 heterocycles. The standard InChI is InChI=1S/C28H37N3O8.C28H37N3O7.C24H33N5O6/c1-28(2,3)25(33)22-16-20-15-21(18-29-26(20)31-22)30-27(34)19-5-6-23(32)24(17-19)39-14-13-38-12-11-37-10-9-36-8-7-35-4;1-28(2,3)25(32)24-18-21-17-22(19-29-26(21)31-24)30-27(33)20-5-7-23(8-6-20)38-16-15-37-14-13-36-12-11-35-10-9-34-4;1-24(2,3)22(31)19-14-17-13-18(15-25-23(17)26-19)21(30)20-16-29(28-27-20)5-6-33-9-10-35-12-11-34-8-7-32-4/h5-6,15-18,32H,7-14H2,1-4H3,(H,29,31)(H,30,34);5-8,17-19H,9-16H2,1-4H3,(H,29,31)(H,30,33);13-16H,5-12H2,1-4H3,(H,25,26). The van der Waals surface area contributed by atoms with Gasteiger partial charge in [-0.25, -0.2) is 19.6 Å². The van der Waals surface area contributed by atoms with E-state index in [2.05, 4.69) is 50.8 Å². The van der Waals surface area contributed by atoms with Crippen molar-refractivity contribution in [1.29, 1.82) is 0 Å². The summed E-state index contributed by atoms with van der Waals surface area (Å²) in [5, 5.41) is 25.9. The zero-order chi connectivity index (χ0) is 80.9. The number of methoxy groups -OCH3 is 3. The van der Waals surface area contributed by atoms with Gasteiger partial charge < -0.3 is 97.0 Å². The van der Waals surface area contributed by atoms with Gasteiger partial charge in [-0.15, -0.1) is 5.10 Å². The summed E-state index contributed by atoms with van der Waals surface area (Å²) < 4.78 is 76.1. The maximum Gasteiger partial charge on any atom is 0.255 e. The highest BCUT2D eigenvalue weighted by molar-refractivity contribution is 6.10. The molecule has 0 aliphatic heterocycles. The molecule has 32 heteroatoms. The molecule has 2 amide bonds. The lowest BCUT2D eigenvalue weighted by atomic mass is 9.89. The van der Waals surface area contributed by atoms with Gasteiger partial charge in [-0.05, 0) is 78.9 Å². The van der Waals surface area contributed by atoms with Crippen LogP contribution in [0, 0.1) is 16.2 Å². The number of carbonyl (C=O) groups excluding carboxylic acids is 6. The summed E-state index contributed by atoms with van der Waals surface area (Å²) in [6, 6.07) is 21.6. The summed E-state index contributed by atoms with van der Waals surface area (Å²) in [5.74, 6) is -0.296. The highest BCUT2D eigenvalue weighted by atomic mass is 16.6. The molecular weight excluding hydrogens is 1450 g/mol. The first-order valence-corrected chi connectivity index (χ1v) is 36.8. The zero-order valence-electron chi connectivity index (χ0n) is 66.1. The average molecular weight is 1560 g/mol. The van der Waals surface area contributed by atoms with Gasteiger partial charge in [0.15, 0.2) is 34.5 Å². The van der Waals surface area contributed by atoms with E-state index in [-0.39, 0.29) is 59.4 Å². The number of nitrogens with one attached hydrogen (secondary N) is 5. The first-order valence-electron chi connectivity index (χ1n) is 36.8. The Morgan fingerprint density at radius 1 is 0.402 bits per heavy atom. The molecule has 9 aromatic rings. The summed E-state index contributed by atoms with van der Waals surface area (Å²) in [6.07, 6.45) is 6.11. The number of benzene rings is 2. The minimum absolute atomic E-state index is 0.000415. The first kappa shape index (κ1) is 89.4. The van der Waals surface area contributed by atoms with Crippen molar-refractivity contribution in [2.45, 2.75) is 68.9 Å². The molecule has 0 spiro atoms. The Hall–Kier alpha value is -9.81. The lowest BCUT2D eigenvalue weighted by Crippen LogP contribution is -2.20. The Balaban J connectivity index is 0.000000233. The number of pyridine rings is 3. The summed E-state index contributed by atoms with van der Waals surface area (Å²) in [6.45, 7) is 27.9. The van der Waals surface area contributed by atoms with Crippen LogP contribution in [-0.4, -0.2) is 258 Å². The van der Waals surface area contributed by atoms with Crippen LogP contribution in [0.4, 0.5) is 11.4 Å². The number of nitrogens with zero attached hydrogens (tertiary/aromatic N) is 6. The van der Waals surface area contributed by atoms with E-state index in [0.29, 0.717) is 224 Å². The number of phenols is 1. The van der Waals surface area contributed by atoms with Crippen LogP contribution in [0.15, 0.2) is 104 Å². The van der Waals surface area contributed by atoms with E-state index in [1.807, 2.05) is 62.3 Å². The van der Waals surface area contributed by atoms with Crippen LogP contribution in [0.3, 0.4) is 0 Å². The van der Waals surface area contributed by atoms with Gasteiger partial charge in [0.2, 0.25) is 5.78 Å². The molecule has 32 nitrogen and oxygen atoms in total. The second-order valence-electron chi connectivity index (χ2n) is 28.3. The van der Waals surface area contributed by atoms with Crippen molar-refractivity contribution < 1.29 is 100 Å². The van der Waals surface area contributed by atoms with Gasteiger partial charge in [0, 0.05) is 76.6 Å². The molecule has 0 unspecified atom stereocenters. The number of anilines is 2. The van der Waals surface area contributed by atoms with Crippen molar-refractivity contribution in [3.05, 3.63) is 143 Å². The molecule has 0 radical (unpaired) electrons. The molecule has 0 atom stereocenters. The number of ketones is 4. The number of H-pyrrole nitrogens is 3. The third-order valence-electron chi connectivity index (χ3n) is 16.0. The van der Waals surface area contributed by atoms with Crippen LogP contribution >= 0.6 is 0 Å². The fourth-order valence-corrected chi connectivity index (χ4v) is 10.1. The van der Waals surface area contributed by atoms with Gasteiger partial charge in [-0.3, -0.25) is 28.8 Å². The highest BCUT2D eigenvalue weighted by Gasteiger charge is 2.28. The molecule has 0 aliphatic carbocycles. The minimum atomic E-state index is -0.531. The van der Waals surface area contributed by atoms with Crippen molar-refractivity contribution in [2.75, 3.05) is 184 Å². The topological polar surface area (TPSA) is 393 Å². The number of carbonyl (C=O) groups is 6. The summed E-state index contributed by atoms with van der Waals surface area (Å²) >= 11 is 0. The maximum absolute atomic E-state index is 12.9. The Kier molecular flexibility index (Phi) is 36.9. The molecule has 0 aliphatic rings. The number of fused-ring (bicyclic) bond motifs is 3. The SMILES string of the molecule is COCCOCCOCCOCCOc1cc(C(=O)Nc2cnc3[nH]c(C(=O)C(C)(C)C)cc3c2)ccc1O.COCCOCCOCCOCCOc1ccc(C(=O)Nc2cnc3[nH]c(C(=O)C(C)(C)C)cc3c2)cc1.COCCOCCOCCOCCn1cc(C(=O)c2cnc3[nH]c(C(=O)C(C)(C)C)cc3c2)nn1. The summed E-state index contributed by atoms with van der Waals surface area (Å²) in [5.41, 5.74) is 3.95. The van der Waals surface area contributed by atoms with Crippen LogP contribution in [-0.2, 0) is 63.4 Å². The van der Waals surface area contributed by atoms with Crippen molar-refractivity contribution >= 4 is 79.4 Å².